The fourth-order valence-electron chi connectivity index (χ4n) is 0.606. The van der Waals surface area contributed by atoms with Gasteiger partial charge in [-0.05, 0) is 19.9 Å². The molecule has 0 saturated heterocycles. The van der Waals surface area contributed by atoms with Crippen LogP contribution in [0.2, 0.25) is 0 Å². The minimum atomic E-state index is -1.23. The van der Waals surface area contributed by atoms with Gasteiger partial charge in [-0.15, -0.1) is 0 Å². The lowest BCUT2D eigenvalue weighted by molar-refractivity contribution is -0.155. The Labute approximate surface area is 123 Å². The van der Waals surface area contributed by atoms with Gasteiger partial charge in [0.2, 0.25) is 6.29 Å². The van der Waals surface area contributed by atoms with E-state index in [4.69, 9.17) is 15.3 Å². The highest BCUT2D eigenvalue weighted by molar-refractivity contribution is 5.87. The zero-order valence-electron chi connectivity index (χ0n) is 12.2. The molecule has 0 aromatic rings. The number of hydrogen-bond acceptors (Lipinski definition) is 7. The maximum atomic E-state index is 10.6. The van der Waals surface area contributed by atoms with Crippen LogP contribution >= 0.6 is 0 Å². The Balaban J connectivity index is 0. The summed E-state index contributed by atoms with van der Waals surface area (Å²) in [6.45, 7) is 12.3. The van der Waals surface area contributed by atoms with Gasteiger partial charge in [0, 0.05) is 11.1 Å². The number of ether oxygens (including phenoxy) is 2. The monoisotopic (exact) mass is 302 g/mol. The average molecular weight is 302 g/mol. The minimum Gasteiger partial charge on any atom is -0.460 e. The van der Waals surface area contributed by atoms with E-state index in [0.29, 0.717) is 0 Å². The van der Waals surface area contributed by atoms with Crippen LogP contribution in [0.25, 0.3) is 0 Å². The highest BCUT2D eigenvalue weighted by Crippen LogP contribution is 1.96. The molecule has 2 unspecified atom stereocenters. The van der Waals surface area contributed by atoms with Gasteiger partial charge in [0.05, 0.1) is 6.61 Å². The lowest BCUT2D eigenvalue weighted by atomic mass is 10.3. The van der Waals surface area contributed by atoms with Crippen LogP contribution in [0.1, 0.15) is 13.8 Å². The summed E-state index contributed by atoms with van der Waals surface area (Å²) in [5, 5.41) is 25.7. The lowest BCUT2D eigenvalue weighted by Crippen LogP contribution is -2.22. The molecule has 2 atom stereocenters. The molecule has 3 N–H and O–H groups in total. The maximum Gasteiger partial charge on any atom is 0.335 e. The first-order valence-corrected chi connectivity index (χ1v) is 5.94. The molecule has 0 bridgehead atoms. The van der Waals surface area contributed by atoms with Crippen molar-refractivity contribution < 1.29 is 34.4 Å². The van der Waals surface area contributed by atoms with Crippen molar-refractivity contribution in [3.8, 4) is 0 Å². The highest BCUT2D eigenvalue weighted by Gasteiger charge is 2.07. The second kappa shape index (κ2) is 11.8. The van der Waals surface area contributed by atoms with Crippen LogP contribution in [0.3, 0.4) is 0 Å². The van der Waals surface area contributed by atoms with E-state index in [1.165, 1.54) is 13.8 Å². The van der Waals surface area contributed by atoms with Gasteiger partial charge in [0.15, 0.2) is 0 Å². The molecule has 7 nitrogen and oxygen atoms in total. The summed E-state index contributed by atoms with van der Waals surface area (Å²) in [5.41, 5.74) is 0.524. The summed E-state index contributed by atoms with van der Waals surface area (Å²) in [7, 11) is 0. The fourth-order valence-corrected chi connectivity index (χ4v) is 0.606. The molecule has 7 heteroatoms. The average Bonchev–Trinajstić information content (AvgIpc) is 2.44. The lowest BCUT2D eigenvalue weighted by Gasteiger charge is -2.07. The first-order chi connectivity index (χ1) is 9.65. The maximum absolute atomic E-state index is 10.6. The first kappa shape index (κ1) is 21.3. The molecule has 0 spiro atoms. The summed E-state index contributed by atoms with van der Waals surface area (Å²) in [6.07, 6.45) is -1.12. The predicted molar refractivity (Wildman–Crippen MR) is 76.0 cm³/mol. The topological polar surface area (TPSA) is 113 Å². The van der Waals surface area contributed by atoms with E-state index in [1.54, 1.807) is 0 Å². The van der Waals surface area contributed by atoms with Crippen molar-refractivity contribution in [3.63, 3.8) is 0 Å². The zero-order valence-corrected chi connectivity index (χ0v) is 12.2. The summed E-state index contributed by atoms with van der Waals surface area (Å²) >= 11 is 0. The highest BCUT2D eigenvalue weighted by atomic mass is 16.6. The molecule has 0 aliphatic heterocycles. The molecule has 0 aromatic heterocycles. The smallest absolute Gasteiger partial charge is 0.335 e. The first-order valence-electron chi connectivity index (χ1n) is 5.94. The SMILES string of the molecule is C=C(C)C(=O)OCC(O)CO.C=CC(O)OC(=O)C(=C)C. The number of aliphatic hydroxyl groups excluding tert-OH is 3. The minimum absolute atomic E-state index is 0.192. The van der Waals surface area contributed by atoms with Crippen molar-refractivity contribution in [1.29, 1.82) is 0 Å². The van der Waals surface area contributed by atoms with Crippen molar-refractivity contribution in [2.75, 3.05) is 13.2 Å². The third-order valence-electron chi connectivity index (χ3n) is 1.74. The van der Waals surface area contributed by atoms with Gasteiger partial charge in [0.1, 0.15) is 12.7 Å². The van der Waals surface area contributed by atoms with E-state index in [-0.39, 0.29) is 17.8 Å². The molecule has 21 heavy (non-hydrogen) atoms. The molecule has 0 saturated carbocycles. The molecule has 120 valence electrons. The Morgan fingerprint density at radius 1 is 1.14 bits per heavy atom. The van der Waals surface area contributed by atoms with Crippen molar-refractivity contribution in [1.82, 2.24) is 0 Å². The van der Waals surface area contributed by atoms with Gasteiger partial charge in [-0.1, -0.05) is 19.7 Å². The number of hydrogen-bond donors (Lipinski definition) is 3. The van der Waals surface area contributed by atoms with E-state index < -0.39 is 30.9 Å². The van der Waals surface area contributed by atoms with E-state index in [0.717, 1.165) is 6.08 Å². The Morgan fingerprint density at radius 2 is 1.62 bits per heavy atom. The van der Waals surface area contributed by atoms with E-state index in [1.807, 2.05) is 0 Å². The van der Waals surface area contributed by atoms with Crippen molar-refractivity contribution in [2.24, 2.45) is 0 Å². The number of carbonyl (C=O) groups is 2. The molecule has 0 radical (unpaired) electrons. The third kappa shape index (κ3) is 12.8. The quantitative estimate of drug-likeness (QED) is 0.264. The molecular weight excluding hydrogens is 280 g/mol. The number of rotatable bonds is 7. The summed E-state index contributed by atoms with van der Waals surface area (Å²) < 4.78 is 8.87. The van der Waals surface area contributed by atoms with Crippen molar-refractivity contribution >= 4 is 11.9 Å². The van der Waals surface area contributed by atoms with Gasteiger partial charge < -0.3 is 24.8 Å². The van der Waals surface area contributed by atoms with Gasteiger partial charge in [-0.25, -0.2) is 9.59 Å². The molecule has 0 aliphatic carbocycles. The van der Waals surface area contributed by atoms with Crippen LogP contribution in [-0.4, -0.2) is 52.9 Å². The molecular formula is C14H22O7. The summed E-state index contributed by atoms with van der Waals surface area (Å²) in [6, 6.07) is 0. The second-order valence-electron chi connectivity index (χ2n) is 4.03. The number of carbonyl (C=O) groups excluding carboxylic acids is 2. The molecule has 0 heterocycles. The Kier molecular flexibility index (Phi) is 12.0. The molecule has 0 aliphatic rings. The van der Waals surface area contributed by atoms with Crippen LogP contribution < -0.4 is 0 Å². The third-order valence-corrected chi connectivity index (χ3v) is 1.74. The van der Waals surface area contributed by atoms with Gasteiger partial charge in [0.25, 0.3) is 0 Å². The Hall–Kier alpha value is -1.96. The van der Waals surface area contributed by atoms with Gasteiger partial charge in [-0.2, -0.15) is 0 Å². The van der Waals surface area contributed by atoms with E-state index in [2.05, 4.69) is 29.2 Å². The van der Waals surface area contributed by atoms with Crippen LogP contribution in [0.5, 0.6) is 0 Å². The largest absolute Gasteiger partial charge is 0.460 e. The van der Waals surface area contributed by atoms with Crippen molar-refractivity contribution in [3.05, 3.63) is 37.0 Å². The predicted octanol–water partition coefficient (Wildman–Crippen LogP) is 0.0690. The van der Waals surface area contributed by atoms with Crippen LogP contribution in [-0.2, 0) is 19.1 Å². The Bertz CT molecular complexity index is 387. The summed E-state index contributed by atoms with van der Waals surface area (Å²) in [5.74, 6) is -1.18. The standard InChI is InChI=1S/C7H12O4.C7H10O3/c1-5(2)7(10)11-4-6(9)3-8;1-4-6(8)10-7(9)5(2)3/h6,8-9H,1,3-4H2,2H3;4,6,8H,1-2H2,3H3. The summed E-state index contributed by atoms with van der Waals surface area (Å²) in [4.78, 5) is 21.2. The van der Waals surface area contributed by atoms with Crippen LogP contribution in [0, 0.1) is 0 Å². The molecule has 0 fully saturated rings. The number of aliphatic hydroxyl groups is 3. The second-order valence-corrected chi connectivity index (χ2v) is 4.03. The van der Waals surface area contributed by atoms with E-state index >= 15 is 0 Å². The molecule has 0 aromatic carbocycles. The molecule has 0 rings (SSSR count). The Morgan fingerprint density at radius 3 is 1.95 bits per heavy atom. The zero-order chi connectivity index (χ0) is 17.0. The van der Waals surface area contributed by atoms with Crippen molar-refractivity contribution in [2.45, 2.75) is 26.2 Å². The normalized spacial score (nSPS) is 12.0. The van der Waals surface area contributed by atoms with Gasteiger partial charge >= 0.3 is 11.9 Å². The van der Waals surface area contributed by atoms with E-state index in [9.17, 15) is 9.59 Å². The molecule has 0 amide bonds. The van der Waals surface area contributed by atoms with Gasteiger partial charge in [-0.3, -0.25) is 0 Å². The van der Waals surface area contributed by atoms with Crippen LogP contribution in [0.4, 0.5) is 0 Å². The fraction of sp³-hybridized carbons (Fsp3) is 0.429. The van der Waals surface area contributed by atoms with Crippen LogP contribution in [0.15, 0.2) is 37.0 Å². The number of esters is 2.